The van der Waals surface area contributed by atoms with E-state index in [1.165, 1.54) is 17.6 Å². The summed E-state index contributed by atoms with van der Waals surface area (Å²) in [6, 6.07) is 9.44. The fourth-order valence-electron chi connectivity index (χ4n) is 2.42. The summed E-state index contributed by atoms with van der Waals surface area (Å²) < 4.78 is 9.23. The lowest BCUT2D eigenvalue weighted by Crippen LogP contribution is -2.10. The molecule has 1 aromatic carbocycles. The third-order valence-corrected chi connectivity index (χ3v) is 5.88. The van der Waals surface area contributed by atoms with E-state index in [2.05, 4.69) is 21.5 Å². The van der Waals surface area contributed by atoms with Crippen molar-refractivity contribution in [2.45, 2.75) is 13.8 Å². The van der Waals surface area contributed by atoms with Gasteiger partial charge in [-0.15, -0.1) is 16.4 Å². The molecule has 0 aliphatic heterocycles. The zero-order valence-electron chi connectivity index (χ0n) is 14.7. The average molecular weight is 418 g/mol. The molecule has 3 rings (SSSR count). The predicted octanol–water partition coefficient (Wildman–Crippen LogP) is 6.00. The maximum absolute atomic E-state index is 12.3. The number of hydrogen-bond donors (Lipinski definition) is 1. The van der Waals surface area contributed by atoms with Crippen molar-refractivity contribution < 1.29 is 9.53 Å². The quantitative estimate of drug-likeness (QED) is 0.499. The van der Waals surface area contributed by atoms with E-state index >= 15 is 0 Å². The number of carbonyl (C=O) groups excluding carboxylic acids is 1. The van der Waals surface area contributed by atoms with Crippen molar-refractivity contribution in [1.29, 1.82) is 0 Å². The van der Waals surface area contributed by atoms with Gasteiger partial charge in [-0.1, -0.05) is 22.7 Å². The number of halogens is 1. The molecule has 2 heterocycles. The minimum Gasteiger partial charge on any atom is -0.465 e. The standard InChI is InChI=1S/C19H16ClN3O2S2/c1-4-15(25-5-2)12-6-7-14(20)13(10-12)16-8-9-17(26-16)21-19(24)18-11(3)22-23-27-18/h4-10H,2H2,1,3H3,(H,21,24)/b15-4-. The first kappa shape index (κ1) is 19.3. The molecule has 3 aromatic rings. The Bertz CT molecular complexity index is 1020. The molecule has 0 spiro atoms. The van der Waals surface area contributed by atoms with E-state index in [1.54, 1.807) is 6.92 Å². The fraction of sp³-hybridized carbons (Fsp3) is 0.105. The van der Waals surface area contributed by atoms with E-state index in [4.69, 9.17) is 16.3 Å². The number of anilines is 1. The van der Waals surface area contributed by atoms with Crippen LogP contribution in [0.25, 0.3) is 16.2 Å². The first-order valence-electron chi connectivity index (χ1n) is 7.97. The Labute approximate surface area is 170 Å². The van der Waals surface area contributed by atoms with Crippen LogP contribution in [0.4, 0.5) is 5.00 Å². The van der Waals surface area contributed by atoms with E-state index in [9.17, 15) is 4.79 Å². The highest BCUT2D eigenvalue weighted by atomic mass is 35.5. The Balaban J connectivity index is 1.87. The van der Waals surface area contributed by atoms with Crippen LogP contribution in [0.15, 0.2) is 49.2 Å². The summed E-state index contributed by atoms with van der Waals surface area (Å²) in [7, 11) is 0. The van der Waals surface area contributed by atoms with E-state index < -0.39 is 0 Å². The van der Waals surface area contributed by atoms with Gasteiger partial charge in [0.25, 0.3) is 5.91 Å². The average Bonchev–Trinajstić information content (AvgIpc) is 3.29. The summed E-state index contributed by atoms with van der Waals surface area (Å²) >= 11 is 8.91. The molecule has 0 fully saturated rings. The van der Waals surface area contributed by atoms with Crippen molar-refractivity contribution in [2.75, 3.05) is 5.32 Å². The van der Waals surface area contributed by atoms with Crippen LogP contribution < -0.4 is 5.32 Å². The molecule has 27 heavy (non-hydrogen) atoms. The van der Waals surface area contributed by atoms with Gasteiger partial charge in [-0.2, -0.15) is 0 Å². The van der Waals surface area contributed by atoms with E-state index in [1.807, 2.05) is 43.3 Å². The first-order chi connectivity index (χ1) is 13.0. The summed E-state index contributed by atoms with van der Waals surface area (Å²) in [5.74, 6) is 0.479. The summed E-state index contributed by atoms with van der Waals surface area (Å²) in [6.07, 6.45) is 3.25. The number of nitrogens with zero attached hydrogens (tertiary/aromatic N) is 2. The Hall–Kier alpha value is -2.48. The second kappa shape index (κ2) is 8.47. The van der Waals surface area contributed by atoms with Gasteiger partial charge in [0.2, 0.25) is 0 Å². The number of amides is 1. The molecule has 0 radical (unpaired) electrons. The van der Waals surface area contributed by atoms with Gasteiger partial charge in [-0.25, -0.2) is 0 Å². The molecule has 0 saturated heterocycles. The van der Waals surface area contributed by atoms with Crippen molar-refractivity contribution in [3.8, 4) is 10.4 Å². The van der Waals surface area contributed by atoms with E-state index in [0.717, 1.165) is 32.5 Å². The summed E-state index contributed by atoms with van der Waals surface area (Å²) in [6.45, 7) is 7.24. The zero-order chi connectivity index (χ0) is 19.4. The number of aryl methyl sites for hydroxylation is 1. The molecule has 0 saturated carbocycles. The van der Waals surface area contributed by atoms with E-state index in [0.29, 0.717) is 21.4 Å². The van der Waals surface area contributed by atoms with Crippen molar-refractivity contribution in [3.05, 3.63) is 70.4 Å². The van der Waals surface area contributed by atoms with E-state index in [-0.39, 0.29) is 5.91 Å². The Morgan fingerprint density at radius 3 is 2.81 bits per heavy atom. The first-order valence-corrected chi connectivity index (χ1v) is 9.94. The highest BCUT2D eigenvalue weighted by Crippen LogP contribution is 2.37. The number of hydrogen-bond acceptors (Lipinski definition) is 6. The number of thiophene rings is 1. The SMILES string of the molecule is C=CO/C(=C\C)c1ccc(Cl)c(-c2ccc(NC(=O)c3snnc3C)s2)c1. The molecule has 1 amide bonds. The molecule has 5 nitrogen and oxygen atoms in total. The second-order valence-corrected chi connectivity index (χ2v) is 7.68. The van der Waals surface area contributed by atoms with Crippen LogP contribution in [0.1, 0.15) is 27.9 Å². The monoisotopic (exact) mass is 417 g/mol. The van der Waals surface area contributed by atoms with Crippen molar-refractivity contribution in [2.24, 2.45) is 0 Å². The molecule has 0 bridgehead atoms. The number of benzene rings is 1. The minimum atomic E-state index is -0.216. The Morgan fingerprint density at radius 2 is 2.15 bits per heavy atom. The molecule has 8 heteroatoms. The molecule has 138 valence electrons. The van der Waals surface area contributed by atoms with Crippen molar-refractivity contribution >= 4 is 51.1 Å². The number of rotatable bonds is 6. The summed E-state index contributed by atoms with van der Waals surface area (Å²) in [4.78, 5) is 13.8. The topological polar surface area (TPSA) is 64.1 Å². The van der Waals surface area contributed by atoms with Gasteiger partial charge in [0.15, 0.2) is 0 Å². The van der Waals surface area contributed by atoms with Crippen LogP contribution in [0, 0.1) is 6.92 Å². The van der Waals surface area contributed by atoms with Crippen LogP contribution in [0.3, 0.4) is 0 Å². The van der Waals surface area contributed by atoms with Crippen molar-refractivity contribution in [3.63, 3.8) is 0 Å². The van der Waals surface area contributed by atoms with Gasteiger partial charge in [0, 0.05) is 21.0 Å². The molecular formula is C19H16ClN3O2S2. The smallest absolute Gasteiger partial charge is 0.269 e. The molecule has 1 N–H and O–H groups in total. The Kier molecular flexibility index (Phi) is 6.05. The minimum absolute atomic E-state index is 0.216. The molecule has 0 atom stereocenters. The number of carbonyl (C=O) groups is 1. The number of ether oxygens (including phenoxy) is 1. The lowest BCUT2D eigenvalue weighted by molar-refractivity contribution is 0.103. The maximum Gasteiger partial charge on any atom is 0.269 e. The highest BCUT2D eigenvalue weighted by Gasteiger charge is 2.15. The fourth-order valence-corrected chi connectivity index (χ4v) is 4.18. The third kappa shape index (κ3) is 4.27. The molecular weight excluding hydrogens is 402 g/mol. The Morgan fingerprint density at radius 1 is 1.33 bits per heavy atom. The lowest BCUT2D eigenvalue weighted by atomic mass is 10.1. The number of allylic oxidation sites excluding steroid dienone is 1. The molecule has 2 aromatic heterocycles. The maximum atomic E-state index is 12.3. The van der Waals surface area contributed by atoms with Gasteiger partial charge in [0.05, 0.1) is 17.0 Å². The van der Waals surface area contributed by atoms with Crippen molar-refractivity contribution in [1.82, 2.24) is 9.59 Å². The summed E-state index contributed by atoms with van der Waals surface area (Å²) in [5, 5.41) is 8.08. The molecule has 0 unspecified atom stereocenters. The highest BCUT2D eigenvalue weighted by molar-refractivity contribution is 7.19. The van der Waals surface area contributed by atoms with Crippen LogP contribution in [0.2, 0.25) is 5.02 Å². The second-order valence-electron chi connectivity index (χ2n) is 5.44. The van der Waals surface area contributed by atoms with Crippen LogP contribution in [0.5, 0.6) is 0 Å². The zero-order valence-corrected chi connectivity index (χ0v) is 17.0. The van der Waals surface area contributed by atoms with Crippen LogP contribution in [-0.4, -0.2) is 15.5 Å². The van der Waals surface area contributed by atoms with Gasteiger partial charge < -0.3 is 10.1 Å². The number of aromatic nitrogens is 2. The van der Waals surface area contributed by atoms with Gasteiger partial charge in [-0.05, 0) is 61.8 Å². The van der Waals surface area contributed by atoms with Crippen LogP contribution in [-0.2, 0) is 4.74 Å². The van der Waals surface area contributed by atoms with Gasteiger partial charge >= 0.3 is 0 Å². The molecule has 0 aliphatic rings. The lowest BCUT2D eigenvalue weighted by Gasteiger charge is -2.09. The third-order valence-electron chi connectivity index (χ3n) is 3.69. The largest absolute Gasteiger partial charge is 0.465 e. The normalized spacial score (nSPS) is 11.3. The van der Waals surface area contributed by atoms with Gasteiger partial charge in [0.1, 0.15) is 10.6 Å². The summed E-state index contributed by atoms with van der Waals surface area (Å²) in [5.41, 5.74) is 2.37. The van der Waals surface area contributed by atoms with Gasteiger partial charge in [-0.3, -0.25) is 4.79 Å². The van der Waals surface area contributed by atoms with Crippen LogP contribution >= 0.6 is 34.5 Å². The number of nitrogens with one attached hydrogen (secondary N) is 1. The molecule has 0 aliphatic carbocycles. The predicted molar refractivity (Wildman–Crippen MR) is 112 cm³/mol.